The maximum absolute atomic E-state index is 13.0. The molecule has 27 heavy (non-hydrogen) atoms. The van der Waals surface area contributed by atoms with Gasteiger partial charge in [-0.2, -0.15) is 0 Å². The van der Waals surface area contributed by atoms with Gasteiger partial charge in [0.1, 0.15) is 11.6 Å². The number of halogens is 2. The van der Waals surface area contributed by atoms with Crippen molar-refractivity contribution in [3.05, 3.63) is 65.7 Å². The fourth-order valence-electron chi connectivity index (χ4n) is 2.90. The molecule has 5 nitrogen and oxygen atoms in total. The molecule has 0 saturated heterocycles. The Hall–Kier alpha value is -2.16. The van der Waals surface area contributed by atoms with Crippen molar-refractivity contribution in [2.24, 2.45) is 4.99 Å². The lowest BCUT2D eigenvalue weighted by Crippen LogP contribution is -2.39. The highest BCUT2D eigenvalue weighted by Crippen LogP contribution is 2.11. The minimum absolute atomic E-state index is 0. The Bertz CT molecular complexity index is 842. The van der Waals surface area contributed by atoms with Crippen molar-refractivity contribution in [1.82, 2.24) is 20.2 Å². The van der Waals surface area contributed by atoms with Crippen LogP contribution in [-0.4, -0.2) is 41.5 Å². The van der Waals surface area contributed by atoms with Crippen LogP contribution in [0.4, 0.5) is 4.39 Å². The average Bonchev–Trinajstić information content (AvgIpc) is 3.06. The summed E-state index contributed by atoms with van der Waals surface area (Å²) in [7, 11) is 3.74. The van der Waals surface area contributed by atoms with Crippen molar-refractivity contribution in [3.8, 4) is 0 Å². The topological polar surface area (TPSA) is 56.3 Å². The van der Waals surface area contributed by atoms with Crippen molar-refractivity contribution in [1.29, 1.82) is 0 Å². The SMILES string of the molecule is CN=C(NCCCc1nc2ccccc2[nH]1)N(C)Cc1ccc(F)cc1.I. The molecule has 1 aromatic heterocycles. The second-order valence-electron chi connectivity index (χ2n) is 6.26. The van der Waals surface area contributed by atoms with E-state index in [-0.39, 0.29) is 29.8 Å². The van der Waals surface area contributed by atoms with Gasteiger partial charge in [0.05, 0.1) is 11.0 Å². The molecular weight excluding hydrogens is 456 g/mol. The molecule has 2 aromatic carbocycles. The predicted molar refractivity (Wildman–Crippen MR) is 119 cm³/mol. The second kappa shape index (κ2) is 10.2. The molecule has 0 aliphatic rings. The number of aliphatic imine (C=N–C) groups is 1. The van der Waals surface area contributed by atoms with Crippen LogP contribution in [0.2, 0.25) is 0 Å². The Labute approximate surface area is 176 Å². The second-order valence-corrected chi connectivity index (χ2v) is 6.26. The first-order valence-electron chi connectivity index (χ1n) is 8.75. The van der Waals surface area contributed by atoms with Crippen LogP contribution in [0.5, 0.6) is 0 Å². The number of aryl methyl sites for hydroxylation is 1. The molecule has 3 rings (SSSR count). The molecule has 0 unspecified atom stereocenters. The minimum Gasteiger partial charge on any atom is -0.356 e. The number of fused-ring (bicyclic) bond motifs is 1. The molecule has 7 heteroatoms. The zero-order chi connectivity index (χ0) is 18.4. The molecule has 0 fully saturated rings. The Morgan fingerprint density at radius 2 is 1.93 bits per heavy atom. The van der Waals surface area contributed by atoms with E-state index in [0.717, 1.165) is 47.8 Å². The molecule has 2 N–H and O–H groups in total. The fourth-order valence-corrected chi connectivity index (χ4v) is 2.90. The molecule has 144 valence electrons. The van der Waals surface area contributed by atoms with Gasteiger partial charge in [-0.15, -0.1) is 24.0 Å². The smallest absolute Gasteiger partial charge is 0.193 e. The lowest BCUT2D eigenvalue weighted by Gasteiger charge is -2.22. The van der Waals surface area contributed by atoms with E-state index in [1.807, 2.05) is 36.2 Å². The van der Waals surface area contributed by atoms with Crippen LogP contribution in [0, 0.1) is 5.82 Å². The largest absolute Gasteiger partial charge is 0.356 e. The predicted octanol–water partition coefficient (Wildman–Crippen LogP) is 3.96. The van der Waals surface area contributed by atoms with Crippen molar-refractivity contribution in [3.63, 3.8) is 0 Å². The van der Waals surface area contributed by atoms with E-state index in [9.17, 15) is 4.39 Å². The number of aromatic nitrogens is 2. The quantitative estimate of drug-likeness (QED) is 0.243. The number of nitrogens with one attached hydrogen (secondary N) is 2. The molecule has 0 saturated carbocycles. The number of benzene rings is 2. The van der Waals surface area contributed by atoms with Gasteiger partial charge in [0.15, 0.2) is 5.96 Å². The number of aromatic amines is 1. The normalized spacial score (nSPS) is 11.3. The van der Waals surface area contributed by atoms with E-state index in [4.69, 9.17) is 0 Å². The summed E-state index contributed by atoms with van der Waals surface area (Å²) < 4.78 is 13.0. The summed E-state index contributed by atoms with van der Waals surface area (Å²) in [4.78, 5) is 14.3. The van der Waals surface area contributed by atoms with Crippen molar-refractivity contribution >= 4 is 41.0 Å². The summed E-state index contributed by atoms with van der Waals surface area (Å²) in [6, 6.07) is 14.6. The van der Waals surface area contributed by atoms with Crippen LogP contribution < -0.4 is 5.32 Å². The van der Waals surface area contributed by atoms with Crippen LogP contribution in [0.15, 0.2) is 53.5 Å². The third kappa shape index (κ3) is 5.92. The van der Waals surface area contributed by atoms with Gasteiger partial charge in [0.2, 0.25) is 0 Å². The first-order chi connectivity index (χ1) is 12.7. The number of nitrogens with zero attached hydrogens (tertiary/aromatic N) is 3. The van der Waals surface area contributed by atoms with E-state index in [1.165, 1.54) is 12.1 Å². The third-order valence-electron chi connectivity index (χ3n) is 4.22. The number of rotatable bonds is 6. The molecule has 1 heterocycles. The first kappa shape index (κ1) is 21.1. The summed E-state index contributed by atoms with van der Waals surface area (Å²) >= 11 is 0. The number of hydrogen-bond acceptors (Lipinski definition) is 2. The van der Waals surface area contributed by atoms with E-state index in [0.29, 0.717) is 6.54 Å². The van der Waals surface area contributed by atoms with Gasteiger partial charge in [0.25, 0.3) is 0 Å². The zero-order valence-electron chi connectivity index (χ0n) is 15.6. The number of guanidine groups is 1. The number of hydrogen-bond donors (Lipinski definition) is 2. The van der Waals surface area contributed by atoms with E-state index >= 15 is 0 Å². The van der Waals surface area contributed by atoms with Gasteiger partial charge < -0.3 is 15.2 Å². The number of para-hydroxylation sites is 2. The lowest BCUT2D eigenvalue weighted by molar-refractivity contribution is 0.475. The van der Waals surface area contributed by atoms with Gasteiger partial charge >= 0.3 is 0 Å². The molecule has 0 amide bonds. The summed E-state index contributed by atoms with van der Waals surface area (Å²) in [5, 5.41) is 3.37. The maximum atomic E-state index is 13.0. The van der Waals surface area contributed by atoms with Crippen molar-refractivity contribution in [2.45, 2.75) is 19.4 Å². The highest BCUT2D eigenvalue weighted by molar-refractivity contribution is 14.0. The summed E-state index contributed by atoms with van der Waals surface area (Å²) in [6.07, 6.45) is 1.82. The van der Waals surface area contributed by atoms with Crippen LogP contribution in [0.25, 0.3) is 11.0 Å². The van der Waals surface area contributed by atoms with Gasteiger partial charge in [0, 0.05) is 33.6 Å². The molecule has 0 aliphatic heterocycles. The Kier molecular flexibility index (Phi) is 8.02. The number of imidazole rings is 1. The van der Waals surface area contributed by atoms with Gasteiger partial charge in [-0.1, -0.05) is 24.3 Å². The third-order valence-corrected chi connectivity index (χ3v) is 4.22. The summed E-state index contributed by atoms with van der Waals surface area (Å²) in [5.74, 6) is 1.60. The van der Waals surface area contributed by atoms with Crippen molar-refractivity contribution in [2.75, 3.05) is 20.6 Å². The van der Waals surface area contributed by atoms with E-state index in [1.54, 1.807) is 19.2 Å². The number of H-pyrrole nitrogens is 1. The molecule has 0 atom stereocenters. The molecular formula is C20H25FIN5. The Morgan fingerprint density at radius 1 is 1.19 bits per heavy atom. The van der Waals surface area contributed by atoms with Crippen LogP contribution in [-0.2, 0) is 13.0 Å². The monoisotopic (exact) mass is 481 g/mol. The van der Waals surface area contributed by atoms with Crippen molar-refractivity contribution < 1.29 is 4.39 Å². The lowest BCUT2D eigenvalue weighted by atomic mass is 10.2. The van der Waals surface area contributed by atoms with Gasteiger partial charge in [-0.25, -0.2) is 9.37 Å². The standard InChI is InChI=1S/C20H24FN5.HI/c1-22-20(26(2)14-15-9-11-16(21)12-10-15)23-13-5-8-19-24-17-6-3-4-7-18(17)25-19;/h3-4,6-7,9-12H,5,8,13-14H2,1-2H3,(H,22,23)(H,24,25);1H. The zero-order valence-corrected chi connectivity index (χ0v) is 17.9. The summed E-state index contributed by atoms with van der Waals surface area (Å²) in [6.45, 7) is 1.47. The molecule has 0 spiro atoms. The minimum atomic E-state index is -0.218. The molecule has 0 radical (unpaired) electrons. The van der Waals surface area contributed by atoms with E-state index in [2.05, 4.69) is 20.3 Å². The van der Waals surface area contributed by atoms with Crippen LogP contribution in [0.3, 0.4) is 0 Å². The Balaban J connectivity index is 0.00000261. The van der Waals surface area contributed by atoms with Crippen LogP contribution in [0.1, 0.15) is 17.8 Å². The highest BCUT2D eigenvalue weighted by Gasteiger charge is 2.07. The first-order valence-corrected chi connectivity index (χ1v) is 8.75. The highest BCUT2D eigenvalue weighted by atomic mass is 127. The fraction of sp³-hybridized carbons (Fsp3) is 0.300. The van der Waals surface area contributed by atoms with Gasteiger partial charge in [-0.05, 0) is 36.2 Å². The molecule has 0 bridgehead atoms. The molecule has 3 aromatic rings. The maximum Gasteiger partial charge on any atom is 0.193 e. The average molecular weight is 481 g/mol. The summed E-state index contributed by atoms with van der Waals surface area (Å²) in [5.41, 5.74) is 3.12. The van der Waals surface area contributed by atoms with E-state index < -0.39 is 0 Å². The van der Waals surface area contributed by atoms with Gasteiger partial charge in [-0.3, -0.25) is 4.99 Å². The van der Waals surface area contributed by atoms with Crippen LogP contribution >= 0.6 is 24.0 Å². The molecule has 0 aliphatic carbocycles. The Morgan fingerprint density at radius 3 is 2.63 bits per heavy atom.